The van der Waals surface area contributed by atoms with Crippen molar-refractivity contribution in [2.75, 3.05) is 13.1 Å². The largest absolute Gasteiger partial charge is 0.487 e. The van der Waals surface area contributed by atoms with Crippen molar-refractivity contribution in [2.45, 2.75) is 31.8 Å². The number of hydrogen-bond acceptors (Lipinski definition) is 4. The lowest BCUT2D eigenvalue weighted by Gasteiger charge is -2.33. The van der Waals surface area contributed by atoms with Crippen molar-refractivity contribution in [1.29, 1.82) is 0 Å². The summed E-state index contributed by atoms with van der Waals surface area (Å²) in [5.41, 5.74) is 0.569. The van der Waals surface area contributed by atoms with E-state index in [-0.39, 0.29) is 30.6 Å². The van der Waals surface area contributed by atoms with Crippen molar-refractivity contribution in [2.24, 2.45) is 0 Å². The van der Waals surface area contributed by atoms with Gasteiger partial charge in [0, 0.05) is 48.4 Å². The zero-order valence-electron chi connectivity index (χ0n) is 14.7. The van der Waals surface area contributed by atoms with Gasteiger partial charge < -0.3 is 9.64 Å². The number of halogens is 2. The maximum atomic E-state index is 12.5. The summed E-state index contributed by atoms with van der Waals surface area (Å²) in [6.07, 6.45) is 5.11. The van der Waals surface area contributed by atoms with E-state index in [4.69, 9.17) is 27.9 Å². The number of hydrogen-bond donors (Lipinski definition) is 0. The van der Waals surface area contributed by atoms with Gasteiger partial charge in [-0.25, -0.2) is 0 Å². The zero-order chi connectivity index (χ0) is 19.2. The number of benzene rings is 1. The number of ether oxygens (including phenoxy) is 1. The Morgan fingerprint density at radius 2 is 1.93 bits per heavy atom. The molecular formula is C20H20Cl2N2O3. The molecule has 142 valence electrons. The predicted octanol–water partition coefficient (Wildman–Crippen LogP) is 4.42. The summed E-state index contributed by atoms with van der Waals surface area (Å²) in [6.45, 7) is 1.17. The van der Waals surface area contributed by atoms with Crippen LogP contribution in [0.2, 0.25) is 10.0 Å². The molecule has 2 aromatic rings. The lowest BCUT2D eigenvalue weighted by atomic mass is 10.0. The molecule has 0 radical (unpaired) electrons. The molecule has 1 aromatic carbocycles. The van der Waals surface area contributed by atoms with E-state index in [0.29, 0.717) is 34.4 Å². The third-order valence-electron chi connectivity index (χ3n) is 4.49. The van der Waals surface area contributed by atoms with Crippen LogP contribution in [0.1, 0.15) is 36.0 Å². The molecule has 3 rings (SSSR count). The molecule has 0 spiro atoms. The van der Waals surface area contributed by atoms with Gasteiger partial charge in [-0.15, -0.1) is 0 Å². The highest BCUT2D eigenvalue weighted by Gasteiger charge is 2.25. The first kappa shape index (κ1) is 19.6. The van der Waals surface area contributed by atoms with E-state index in [1.54, 1.807) is 41.4 Å². The highest BCUT2D eigenvalue weighted by molar-refractivity contribution is 6.31. The first-order chi connectivity index (χ1) is 13.0. The summed E-state index contributed by atoms with van der Waals surface area (Å²) in [4.78, 5) is 30.4. The minimum absolute atomic E-state index is 0.0357. The fraction of sp³-hybridized carbons (Fsp3) is 0.350. The average molecular weight is 407 g/mol. The molecule has 1 unspecified atom stereocenters. The molecule has 1 amide bonds. The normalized spacial score (nSPS) is 16.8. The Morgan fingerprint density at radius 1 is 1.15 bits per heavy atom. The van der Waals surface area contributed by atoms with Gasteiger partial charge in [0.2, 0.25) is 5.91 Å². The van der Waals surface area contributed by atoms with Crippen LogP contribution >= 0.6 is 23.2 Å². The van der Waals surface area contributed by atoms with E-state index >= 15 is 0 Å². The molecule has 1 aromatic heterocycles. The number of piperidine rings is 1. The summed E-state index contributed by atoms with van der Waals surface area (Å²) in [6, 6.07) is 8.42. The van der Waals surface area contributed by atoms with E-state index in [9.17, 15) is 9.59 Å². The van der Waals surface area contributed by atoms with Crippen LogP contribution < -0.4 is 4.74 Å². The van der Waals surface area contributed by atoms with Crippen molar-refractivity contribution in [3.8, 4) is 5.75 Å². The number of rotatable bonds is 6. The third kappa shape index (κ3) is 5.44. The van der Waals surface area contributed by atoms with Gasteiger partial charge in [-0.1, -0.05) is 23.2 Å². The summed E-state index contributed by atoms with van der Waals surface area (Å²) in [5, 5.41) is 1.03. The summed E-state index contributed by atoms with van der Waals surface area (Å²) in [5.74, 6) is 0.476. The Labute approximate surface area is 168 Å². The monoisotopic (exact) mass is 406 g/mol. The molecule has 1 fully saturated rings. The maximum absolute atomic E-state index is 12.5. The van der Waals surface area contributed by atoms with E-state index in [0.717, 1.165) is 12.8 Å². The first-order valence-corrected chi connectivity index (χ1v) is 9.61. The minimum Gasteiger partial charge on any atom is -0.487 e. The van der Waals surface area contributed by atoms with E-state index in [1.807, 2.05) is 0 Å². The molecule has 1 aliphatic heterocycles. The molecule has 1 aliphatic rings. The van der Waals surface area contributed by atoms with Crippen LogP contribution in [0.5, 0.6) is 5.75 Å². The second kappa shape index (κ2) is 9.20. The van der Waals surface area contributed by atoms with Gasteiger partial charge in [0.05, 0.1) is 6.54 Å². The summed E-state index contributed by atoms with van der Waals surface area (Å²) < 4.78 is 5.93. The Bertz CT molecular complexity index is 811. The van der Waals surface area contributed by atoms with E-state index in [2.05, 4.69) is 4.98 Å². The predicted molar refractivity (Wildman–Crippen MR) is 104 cm³/mol. The second-order valence-corrected chi connectivity index (χ2v) is 7.30. The molecule has 2 heterocycles. The molecule has 0 N–H and O–H groups in total. The molecule has 5 nitrogen and oxygen atoms in total. The van der Waals surface area contributed by atoms with Crippen LogP contribution in [0.3, 0.4) is 0 Å². The lowest BCUT2D eigenvalue weighted by molar-refractivity contribution is -0.133. The fourth-order valence-corrected chi connectivity index (χ4v) is 3.35. The van der Waals surface area contributed by atoms with Crippen LogP contribution in [0.15, 0.2) is 42.7 Å². The van der Waals surface area contributed by atoms with Gasteiger partial charge in [0.1, 0.15) is 16.9 Å². The lowest BCUT2D eigenvalue weighted by Crippen LogP contribution is -2.44. The number of likely N-dealkylation sites (tertiary alicyclic amines) is 1. The highest BCUT2D eigenvalue weighted by atomic mass is 35.5. The number of Topliss-reactive ketones (excluding diaryl/α,β-unsaturated/α-hetero) is 1. The van der Waals surface area contributed by atoms with Gasteiger partial charge in [-0.05, 0) is 37.1 Å². The van der Waals surface area contributed by atoms with Crippen LogP contribution in [0, 0.1) is 0 Å². The quantitative estimate of drug-likeness (QED) is 0.666. The maximum Gasteiger partial charge on any atom is 0.223 e. The van der Waals surface area contributed by atoms with Gasteiger partial charge >= 0.3 is 0 Å². The average Bonchev–Trinajstić information content (AvgIpc) is 2.68. The van der Waals surface area contributed by atoms with Gasteiger partial charge in [0.25, 0.3) is 0 Å². The molecule has 0 aliphatic carbocycles. The van der Waals surface area contributed by atoms with Crippen LogP contribution in [0.4, 0.5) is 0 Å². The van der Waals surface area contributed by atoms with Crippen molar-refractivity contribution < 1.29 is 14.3 Å². The van der Waals surface area contributed by atoms with Crippen LogP contribution in [-0.2, 0) is 4.79 Å². The minimum atomic E-state index is -0.116. The molecule has 7 heteroatoms. The number of ketones is 1. The van der Waals surface area contributed by atoms with Crippen molar-refractivity contribution in [1.82, 2.24) is 9.88 Å². The number of pyridine rings is 1. The SMILES string of the molecule is O=C(CCC(=O)N1CCCC(Oc2ccncc2Cl)C1)c1ccc(Cl)cc1. The van der Waals surface area contributed by atoms with E-state index < -0.39 is 0 Å². The number of carbonyl (C=O) groups is 2. The molecule has 0 saturated carbocycles. The summed E-state index contributed by atoms with van der Waals surface area (Å²) >= 11 is 11.9. The number of nitrogens with zero attached hydrogens (tertiary/aromatic N) is 2. The molecule has 0 bridgehead atoms. The fourth-order valence-electron chi connectivity index (χ4n) is 3.06. The van der Waals surface area contributed by atoms with Gasteiger partial charge in [-0.3, -0.25) is 14.6 Å². The third-order valence-corrected chi connectivity index (χ3v) is 5.03. The zero-order valence-corrected chi connectivity index (χ0v) is 16.2. The van der Waals surface area contributed by atoms with Gasteiger partial charge in [0.15, 0.2) is 5.78 Å². The van der Waals surface area contributed by atoms with Crippen LogP contribution in [0.25, 0.3) is 0 Å². The highest BCUT2D eigenvalue weighted by Crippen LogP contribution is 2.26. The molecular weight excluding hydrogens is 387 g/mol. The number of aromatic nitrogens is 1. The Hall–Kier alpha value is -2.11. The summed E-state index contributed by atoms with van der Waals surface area (Å²) in [7, 11) is 0. The smallest absolute Gasteiger partial charge is 0.223 e. The number of amides is 1. The number of carbonyl (C=O) groups excluding carboxylic acids is 2. The Kier molecular flexibility index (Phi) is 6.69. The van der Waals surface area contributed by atoms with Crippen molar-refractivity contribution in [3.63, 3.8) is 0 Å². The van der Waals surface area contributed by atoms with Crippen molar-refractivity contribution >= 4 is 34.9 Å². The first-order valence-electron chi connectivity index (χ1n) is 8.85. The van der Waals surface area contributed by atoms with Gasteiger partial charge in [-0.2, -0.15) is 0 Å². The molecule has 1 atom stereocenters. The van der Waals surface area contributed by atoms with E-state index in [1.165, 1.54) is 6.20 Å². The standard InChI is InChI=1S/C20H20Cl2N2O3/c21-15-5-3-14(4-6-15)18(25)7-8-20(26)24-11-1-2-16(13-24)27-19-9-10-23-12-17(19)22/h3-6,9-10,12,16H,1-2,7-8,11,13H2. The second-order valence-electron chi connectivity index (χ2n) is 6.46. The Balaban J connectivity index is 1.51. The Morgan fingerprint density at radius 3 is 2.67 bits per heavy atom. The molecule has 1 saturated heterocycles. The topological polar surface area (TPSA) is 59.5 Å². The van der Waals surface area contributed by atoms with Crippen LogP contribution in [-0.4, -0.2) is 40.8 Å². The van der Waals surface area contributed by atoms with Crippen molar-refractivity contribution in [3.05, 3.63) is 58.3 Å². The molecule has 27 heavy (non-hydrogen) atoms.